The maximum absolute atomic E-state index is 13.1. The lowest BCUT2D eigenvalue weighted by Crippen LogP contribution is -2.25. The van der Waals surface area contributed by atoms with Gasteiger partial charge in [-0.1, -0.05) is 37.4 Å². The van der Waals surface area contributed by atoms with Crippen LogP contribution in [0.3, 0.4) is 0 Å². The van der Waals surface area contributed by atoms with Gasteiger partial charge in [-0.15, -0.1) is 5.54 Å². The van der Waals surface area contributed by atoms with Gasteiger partial charge in [0.2, 0.25) is 0 Å². The number of nitrogens with zero attached hydrogens (tertiary/aromatic N) is 3. The van der Waals surface area contributed by atoms with Crippen LogP contribution in [0.5, 0.6) is 5.75 Å². The first-order valence-electron chi connectivity index (χ1n) is 13.1. The van der Waals surface area contributed by atoms with Gasteiger partial charge >= 0.3 is 11.9 Å². The summed E-state index contributed by atoms with van der Waals surface area (Å²) in [6.07, 6.45) is 1.29. The van der Waals surface area contributed by atoms with E-state index in [-0.39, 0.29) is 30.0 Å². The van der Waals surface area contributed by atoms with Gasteiger partial charge in [0.25, 0.3) is 0 Å². The molecule has 0 aliphatic carbocycles. The molecule has 3 aromatic rings. The van der Waals surface area contributed by atoms with Crippen LogP contribution in [0, 0.1) is 23.3 Å². The van der Waals surface area contributed by atoms with E-state index in [0.717, 1.165) is 0 Å². The Morgan fingerprint density at radius 2 is 1.73 bits per heavy atom. The van der Waals surface area contributed by atoms with Crippen LogP contribution in [0.2, 0.25) is 19.6 Å². The van der Waals surface area contributed by atoms with Crippen LogP contribution in [-0.4, -0.2) is 66.6 Å². The molecular formula is C30H36N4O6Si. The summed E-state index contributed by atoms with van der Waals surface area (Å²) < 4.78 is 23.4. The van der Waals surface area contributed by atoms with Crippen LogP contribution in [0.15, 0.2) is 36.7 Å². The van der Waals surface area contributed by atoms with E-state index >= 15 is 0 Å². The fourth-order valence-corrected chi connectivity index (χ4v) is 4.07. The second kappa shape index (κ2) is 13.9. The molecule has 0 saturated heterocycles. The molecule has 2 aromatic heterocycles. The molecule has 0 aliphatic heterocycles. The summed E-state index contributed by atoms with van der Waals surface area (Å²) in [5.74, 6) is 7.98. The number of nitrogens with two attached hydrogens (primary N) is 1. The molecule has 10 nitrogen and oxygen atoms in total. The van der Waals surface area contributed by atoms with E-state index in [1.807, 2.05) is 0 Å². The summed E-state index contributed by atoms with van der Waals surface area (Å²) in [6.45, 7) is 13.2. The number of hydrogen-bond acceptors (Lipinski definition) is 9. The highest BCUT2D eigenvalue weighted by Crippen LogP contribution is 2.23. The van der Waals surface area contributed by atoms with Crippen LogP contribution < -0.4 is 10.5 Å². The van der Waals surface area contributed by atoms with Crippen molar-refractivity contribution in [2.75, 3.05) is 32.2 Å². The first-order valence-corrected chi connectivity index (χ1v) is 16.6. The smallest absolute Gasteiger partial charge is 0.344 e. The Labute approximate surface area is 241 Å². The lowest BCUT2D eigenvalue weighted by atomic mass is 10.1. The van der Waals surface area contributed by atoms with Crippen molar-refractivity contribution in [2.24, 2.45) is 0 Å². The summed E-state index contributed by atoms with van der Waals surface area (Å²) in [5, 5.41) is 4.17. The first-order chi connectivity index (χ1) is 19.3. The molecule has 3 rings (SSSR count). The molecule has 2 heterocycles. The van der Waals surface area contributed by atoms with Crippen molar-refractivity contribution in [1.82, 2.24) is 14.6 Å². The van der Waals surface area contributed by atoms with Gasteiger partial charge in [-0.05, 0) is 51.1 Å². The number of pyridine rings is 1. The van der Waals surface area contributed by atoms with E-state index in [4.69, 9.17) is 24.7 Å². The van der Waals surface area contributed by atoms with Crippen molar-refractivity contribution in [3.63, 3.8) is 0 Å². The van der Waals surface area contributed by atoms with Crippen LogP contribution in [0.1, 0.15) is 42.4 Å². The number of carbonyl (C=O) groups excluding carboxylic acids is 2. The topological polar surface area (TPSA) is 127 Å². The molecule has 0 saturated carbocycles. The van der Waals surface area contributed by atoms with Gasteiger partial charge in [-0.3, -0.25) is 4.79 Å². The minimum Gasteiger partial charge on any atom is -0.460 e. The number of aromatic nitrogens is 3. The third-order valence-electron chi connectivity index (χ3n) is 5.09. The minimum atomic E-state index is -1.39. The molecule has 0 amide bonds. The van der Waals surface area contributed by atoms with Crippen molar-refractivity contribution in [2.45, 2.75) is 52.4 Å². The van der Waals surface area contributed by atoms with Gasteiger partial charge in [0.1, 0.15) is 33.2 Å². The van der Waals surface area contributed by atoms with E-state index in [1.165, 1.54) is 10.8 Å². The van der Waals surface area contributed by atoms with Crippen molar-refractivity contribution < 1.29 is 28.5 Å². The van der Waals surface area contributed by atoms with E-state index in [2.05, 4.69) is 53.0 Å². The summed E-state index contributed by atoms with van der Waals surface area (Å²) >= 11 is 0. The number of hydrogen-bond donors (Lipinski definition) is 1. The van der Waals surface area contributed by atoms with Gasteiger partial charge in [0, 0.05) is 11.3 Å². The molecular weight excluding hydrogens is 540 g/mol. The third-order valence-corrected chi connectivity index (χ3v) is 6.01. The number of esters is 2. The number of fused-ring (bicyclic) bond motifs is 1. The van der Waals surface area contributed by atoms with E-state index in [9.17, 15) is 9.59 Å². The van der Waals surface area contributed by atoms with Crippen molar-refractivity contribution in [1.29, 1.82) is 0 Å². The lowest BCUT2D eigenvalue weighted by Gasteiger charge is -2.19. The fraction of sp³-hybridized carbons (Fsp3) is 0.400. The zero-order chi connectivity index (χ0) is 30.0. The number of benzene rings is 1. The average Bonchev–Trinajstić information content (AvgIpc) is 3.36. The molecule has 41 heavy (non-hydrogen) atoms. The molecule has 0 aliphatic rings. The Morgan fingerprint density at radius 1 is 1.02 bits per heavy atom. The molecule has 0 bridgehead atoms. The van der Waals surface area contributed by atoms with Gasteiger partial charge < -0.3 is 24.7 Å². The Hall–Kier alpha value is -4.16. The highest BCUT2D eigenvalue weighted by molar-refractivity contribution is 6.83. The summed E-state index contributed by atoms with van der Waals surface area (Å²) in [6, 6.07) is 7.95. The number of rotatable bonds is 9. The molecule has 0 fully saturated rings. The highest BCUT2D eigenvalue weighted by Gasteiger charge is 2.21. The molecule has 216 valence electrons. The standard InChI is InChI=1S/C30H36N4O6Si/c1-30(2,3)40-27(35)20-24-11-13-26(28-32-21-33-34(24)28)39-29(36)25-12-10-23(31)19-22(25)9-7-14-37-16-17-38-15-8-18-41(4,5)6/h10-13,19,21H,14-17,20,31H2,1-6H3. The number of ether oxygens (including phenoxy) is 4. The Kier molecular flexibility index (Phi) is 10.7. The predicted molar refractivity (Wildman–Crippen MR) is 158 cm³/mol. The van der Waals surface area contributed by atoms with E-state index in [1.54, 1.807) is 51.1 Å². The molecule has 1 aromatic carbocycles. The maximum Gasteiger partial charge on any atom is 0.344 e. The van der Waals surface area contributed by atoms with E-state index in [0.29, 0.717) is 36.8 Å². The van der Waals surface area contributed by atoms with E-state index < -0.39 is 25.6 Å². The number of anilines is 1. The molecule has 2 N–H and O–H groups in total. The number of carbonyl (C=O) groups is 2. The molecule has 0 unspecified atom stereocenters. The first kappa shape index (κ1) is 31.4. The van der Waals surface area contributed by atoms with Crippen LogP contribution in [0.4, 0.5) is 5.69 Å². The Morgan fingerprint density at radius 3 is 2.41 bits per heavy atom. The fourth-order valence-electron chi connectivity index (χ4n) is 3.47. The van der Waals surface area contributed by atoms with Crippen LogP contribution in [0.25, 0.3) is 5.65 Å². The van der Waals surface area contributed by atoms with Gasteiger partial charge in [0.05, 0.1) is 30.9 Å². The van der Waals surface area contributed by atoms with Crippen LogP contribution >= 0.6 is 0 Å². The van der Waals surface area contributed by atoms with Crippen LogP contribution in [-0.2, 0) is 25.4 Å². The second-order valence-electron chi connectivity index (χ2n) is 11.1. The zero-order valence-electron chi connectivity index (χ0n) is 24.4. The third kappa shape index (κ3) is 10.4. The maximum atomic E-state index is 13.1. The van der Waals surface area contributed by atoms with Crippen molar-refractivity contribution in [3.05, 3.63) is 53.5 Å². The monoisotopic (exact) mass is 576 g/mol. The molecule has 0 atom stereocenters. The van der Waals surface area contributed by atoms with Crippen molar-refractivity contribution >= 4 is 31.3 Å². The summed E-state index contributed by atoms with van der Waals surface area (Å²) in [7, 11) is -1.39. The number of nitrogen functional groups attached to an aromatic ring is 1. The molecule has 0 spiro atoms. The minimum absolute atomic E-state index is 0.0239. The lowest BCUT2D eigenvalue weighted by molar-refractivity contribution is -0.154. The summed E-state index contributed by atoms with van der Waals surface area (Å²) in [4.78, 5) is 29.7. The molecule has 0 radical (unpaired) electrons. The summed E-state index contributed by atoms with van der Waals surface area (Å²) in [5.41, 5.74) is 10.5. The quantitative estimate of drug-likeness (QED) is 0.133. The second-order valence-corrected chi connectivity index (χ2v) is 15.9. The van der Waals surface area contributed by atoms with Crippen molar-refractivity contribution in [3.8, 4) is 29.1 Å². The normalized spacial score (nSPS) is 11.3. The largest absolute Gasteiger partial charge is 0.460 e. The highest BCUT2D eigenvalue weighted by atomic mass is 28.3. The van der Waals surface area contributed by atoms with Gasteiger partial charge in [-0.2, -0.15) is 5.10 Å². The van der Waals surface area contributed by atoms with Gasteiger partial charge in [-0.25, -0.2) is 14.3 Å². The Bertz CT molecular complexity index is 1510. The predicted octanol–water partition coefficient (Wildman–Crippen LogP) is 3.68. The van der Waals surface area contributed by atoms with Gasteiger partial charge in [0.15, 0.2) is 11.4 Å². The molecule has 11 heteroatoms. The SMILES string of the molecule is CC(C)(C)OC(=O)Cc1ccc(OC(=O)c2ccc(N)cc2C#CCOCCOCC#C[Si](C)(C)C)c2ncnn12. The zero-order valence-corrected chi connectivity index (χ0v) is 25.4. The Balaban J connectivity index is 1.63. The average molecular weight is 577 g/mol.